The quantitative estimate of drug-likeness (QED) is 0.563. The van der Waals surface area contributed by atoms with Crippen LogP contribution in [-0.2, 0) is 14.8 Å². The smallest absolute Gasteiger partial charge is 0.240 e. The maximum atomic E-state index is 13.3. The van der Waals surface area contributed by atoms with E-state index < -0.39 is 28.3 Å². The van der Waals surface area contributed by atoms with E-state index in [0.717, 1.165) is 21.5 Å². The molecule has 2 aromatic carbocycles. The molecule has 1 N–H and O–H groups in total. The third kappa shape index (κ3) is 6.39. The number of amides is 1. The summed E-state index contributed by atoms with van der Waals surface area (Å²) in [5.74, 6) is -0.344. The lowest BCUT2D eigenvalue weighted by molar-refractivity contribution is -0.119. The highest BCUT2D eigenvalue weighted by atomic mass is 32.2. The van der Waals surface area contributed by atoms with Crippen LogP contribution in [0.3, 0.4) is 0 Å². The van der Waals surface area contributed by atoms with Crippen LogP contribution in [0, 0.1) is 5.82 Å². The van der Waals surface area contributed by atoms with Crippen LogP contribution in [-0.4, -0.2) is 39.4 Å². The van der Waals surface area contributed by atoms with Crippen molar-refractivity contribution < 1.29 is 17.6 Å². The van der Waals surface area contributed by atoms with Gasteiger partial charge in [-0.25, -0.2) is 12.8 Å². The molecule has 0 unspecified atom stereocenters. The van der Waals surface area contributed by atoms with Gasteiger partial charge in [0.1, 0.15) is 12.4 Å². The van der Waals surface area contributed by atoms with E-state index in [0.29, 0.717) is 12.3 Å². The van der Waals surface area contributed by atoms with Gasteiger partial charge in [-0.05, 0) is 30.3 Å². The number of nitrogens with one attached hydrogen (secondary N) is 1. The predicted octanol–water partition coefficient (Wildman–Crippen LogP) is 2.50. The monoisotopic (exact) mass is 382 g/mol. The first-order valence-corrected chi connectivity index (χ1v) is 10.4. The van der Waals surface area contributed by atoms with Crippen molar-refractivity contribution in [3.05, 3.63) is 60.4 Å². The van der Waals surface area contributed by atoms with E-state index in [1.54, 1.807) is 11.8 Å². The molecule has 0 radical (unpaired) electrons. The van der Waals surface area contributed by atoms with E-state index in [4.69, 9.17) is 0 Å². The molecule has 0 atom stereocenters. The number of hydrogen-bond donors (Lipinski definition) is 1. The number of benzene rings is 2. The van der Waals surface area contributed by atoms with Gasteiger partial charge in [-0.2, -0.15) is 0 Å². The number of carbonyl (C=O) groups is 1. The number of nitrogens with zero attached hydrogens (tertiary/aromatic N) is 1. The van der Waals surface area contributed by atoms with Crippen LogP contribution in [0.25, 0.3) is 0 Å². The number of anilines is 1. The van der Waals surface area contributed by atoms with Crippen molar-refractivity contribution in [2.75, 3.05) is 29.4 Å². The average Bonchev–Trinajstić information content (AvgIpc) is 2.56. The van der Waals surface area contributed by atoms with Gasteiger partial charge in [0.25, 0.3) is 0 Å². The summed E-state index contributed by atoms with van der Waals surface area (Å²) >= 11 is 1.59. The summed E-state index contributed by atoms with van der Waals surface area (Å²) in [6.45, 7) is 0.0113. The molecule has 0 spiro atoms. The lowest BCUT2D eigenvalue weighted by Crippen LogP contribution is -2.41. The summed E-state index contributed by atoms with van der Waals surface area (Å²) in [5.41, 5.74) is 0.122. The lowest BCUT2D eigenvalue weighted by Gasteiger charge is -2.21. The van der Waals surface area contributed by atoms with E-state index in [9.17, 15) is 17.6 Å². The van der Waals surface area contributed by atoms with Crippen LogP contribution in [0.5, 0.6) is 0 Å². The minimum Gasteiger partial charge on any atom is -0.354 e. The molecule has 8 heteroatoms. The highest BCUT2D eigenvalue weighted by molar-refractivity contribution is 7.99. The molecule has 0 aliphatic rings. The number of rotatable bonds is 8. The Morgan fingerprint density at radius 2 is 1.88 bits per heavy atom. The fourth-order valence-electron chi connectivity index (χ4n) is 2.09. The first-order chi connectivity index (χ1) is 11.9. The molecule has 2 aromatic rings. The van der Waals surface area contributed by atoms with Crippen molar-refractivity contribution >= 4 is 33.4 Å². The number of halogens is 1. The zero-order valence-electron chi connectivity index (χ0n) is 13.7. The fourth-order valence-corrected chi connectivity index (χ4v) is 3.73. The minimum absolute atomic E-state index is 0.122. The Morgan fingerprint density at radius 1 is 1.16 bits per heavy atom. The third-order valence-corrected chi connectivity index (χ3v) is 5.37. The number of thioether (sulfide) groups is 1. The van der Waals surface area contributed by atoms with Gasteiger partial charge in [0.2, 0.25) is 15.9 Å². The Labute approximate surface area is 151 Å². The molecule has 0 saturated heterocycles. The number of sulfonamides is 1. The van der Waals surface area contributed by atoms with Crippen LogP contribution in [0.1, 0.15) is 0 Å². The Bertz CT molecular complexity index is 814. The molecule has 5 nitrogen and oxygen atoms in total. The van der Waals surface area contributed by atoms with Crippen molar-refractivity contribution in [3.8, 4) is 0 Å². The predicted molar refractivity (Wildman–Crippen MR) is 98.8 cm³/mol. The second kappa shape index (κ2) is 8.87. The van der Waals surface area contributed by atoms with Crippen molar-refractivity contribution in [2.24, 2.45) is 0 Å². The van der Waals surface area contributed by atoms with E-state index in [1.165, 1.54) is 18.2 Å². The minimum atomic E-state index is -3.70. The standard InChI is InChI=1S/C17H19FN2O3S2/c1-25(22,23)20(15-7-5-6-14(18)12-15)13-17(21)19-10-11-24-16-8-3-2-4-9-16/h2-9,12H,10-11,13H2,1H3,(H,19,21). The Hall–Kier alpha value is -2.06. The van der Waals surface area contributed by atoms with Gasteiger partial charge in [0.05, 0.1) is 11.9 Å². The van der Waals surface area contributed by atoms with E-state index in [2.05, 4.69) is 5.32 Å². The molecule has 2 rings (SSSR count). The zero-order valence-corrected chi connectivity index (χ0v) is 15.3. The zero-order chi connectivity index (χ0) is 18.3. The molecule has 1 amide bonds. The summed E-state index contributed by atoms with van der Waals surface area (Å²) < 4.78 is 38.0. The lowest BCUT2D eigenvalue weighted by atomic mass is 10.3. The van der Waals surface area contributed by atoms with Crippen LogP contribution >= 0.6 is 11.8 Å². The second-order valence-electron chi connectivity index (χ2n) is 5.26. The first-order valence-electron chi connectivity index (χ1n) is 7.54. The number of carbonyl (C=O) groups excluding carboxylic acids is 1. The first kappa shape index (κ1) is 19.3. The van der Waals surface area contributed by atoms with Crippen molar-refractivity contribution in [1.82, 2.24) is 5.32 Å². The molecule has 0 aliphatic heterocycles. The third-order valence-electron chi connectivity index (χ3n) is 3.22. The Morgan fingerprint density at radius 3 is 2.52 bits per heavy atom. The molecule has 0 heterocycles. The summed E-state index contributed by atoms with van der Waals surface area (Å²) in [6.07, 6.45) is 0.983. The van der Waals surface area contributed by atoms with E-state index in [1.807, 2.05) is 30.3 Å². The summed E-state index contributed by atoms with van der Waals surface area (Å²) in [6, 6.07) is 14.9. The SMILES string of the molecule is CS(=O)(=O)N(CC(=O)NCCSc1ccccc1)c1cccc(F)c1. The molecule has 134 valence electrons. The summed E-state index contributed by atoms with van der Waals surface area (Å²) in [5, 5.41) is 2.68. The highest BCUT2D eigenvalue weighted by Crippen LogP contribution is 2.18. The van der Waals surface area contributed by atoms with Crippen molar-refractivity contribution in [2.45, 2.75) is 4.90 Å². The van der Waals surface area contributed by atoms with Gasteiger partial charge in [0.15, 0.2) is 0 Å². The molecule has 25 heavy (non-hydrogen) atoms. The van der Waals surface area contributed by atoms with Crippen LogP contribution in [0.4, 0.5) is 10.1 Å². The Kier molecular flexibility index (Phi) is 6.83. The maximum Gasteiger partial charge on any atom is 0.240 e. The molecule has 0 aliphatic carbocycles. The molecule has 0 fully saturated rings. The normalized spacial score (nSPS) is 11.1. The summed E-state index contributed by atoms with van der Waals surface area (Å²) in [4.78, 5) is 13.1. The van der Waals surface area contributed by atoms with Crippen molar-refractivity contribution in [1.29, 1.82) is 0 Å². The molecular formula is C17H19FN2O3S2. The Balaban J connectivity index is 1.89. The summed E-state index contributed by atoms with van der Waals surface area (Å²) in [7, 11) is -3.70. The van der Waals surface area contributed by atoms with E-state index in [-0.39, 0.29) is 5.69 Å². The average molecular weight is 382 g/mol. The van der Waals surface area contributed by atoms with Gasteiger partial charge in [-0.15, -0.1) is 11.8 Å². The van der Waals surface area contributed by atoms with Gasteiger partial charge in [0, 0.05) is 17.2 Å². The van der Waals surface area contributed by atoms with E-state index >= 15 is 0 Å². The molecule has 0 bridgehead atoms. The molecule has 0 saturated carbocycles. The molecule has 0 aromatic heterocycles. The maximum absolute atomic E-state index is 13.3. The van der Waals surface area contributed by atoms with Crippen LogP contribution < -0.4 is 9.62 Å². The second-order valence-corrected chi connectivity index (χ2v) is 8.34. The van der Waals surface area contributed by atoms with Crippen LogP contribution in [0.15, 0.2) is 59.5 Å². The fraction of sp³-hybridized carbons (Fsp3) is 0.235. The van der Waals surface area contributed by atoms with Gasteiger partial charge < -0.3 is 5.32 Å². The van der Waals surface area contributed by atoms with Crippen LogP contribution in [0.2, 0.25) is 0 Å². The topological polar surface area (TPSA) is 66.5 Å². The highest BCUT2D eigenvalue weighted by Gasteiger charge is 2.21. The van der Waals surface area contributed by atoms with Gasteiger partial charge in [-0.1, -0.05) is 24.3 Å². The van der Waals surface area contributed by atoms with Gasteiger partial charge >= 0.3 is 0 Å². The molecular weight excluding hydrogens is 363 g/mol. The number of hydrogen-bond acceptors (Lipinski definition) is 4. The van der Waals surface area contributed by atoms with Gasteiger partial charge in [-0.3, -0.25) is 9.10 Å². The van der Waals surface area contributed by atoms with Crippen molar-refractivity contribution in [3.63, 3.8) is 0 Å². The largest absolute Gasteiger partial charge is 0.354 e.